The molecule has 28 heavy (non-hydrogen) atoms. The lowest BCUT2D eigenvalue weighted by atomic mass is 10.2. The van der Waals surface area contributed by atoms with Gasteiger partial charge in [0.15, 0.2) is 5.96 Å². The second-order valence-electron chi connectivity index (χ2n) is 5.97. The number of hydrogen-bond donors (Lipinski definition) is 2. The number of ether oxygens (including phenoxy) is 1. The number of hydrogen-bond acceptors (Lipinski definition) is 5. The molecule has 0 fully saturated rings. The van der Waals surface area contributed by atoms with Gasteiger partial charge in [-0.3, -0.25) is 4.99 Å². The van der Waals surface area contributed by atoms with Crippen LogP contribution in [-0.2, 0) is 13.0 Å². The Balaban J connectivity index is 1.46. The van der Waals surface area contributed by atoms with Crippen molar-refractivity contribution in [3.05, 3.63) is 65.0 Å². The van der Waals surface area contributed by atoms with E-state index in [4.69, 9.17) is 20.9 Å². The molecular weight excluding hydrogens is 378 g/mol. The van der Waals surface area contributed by atoms with Gasteiger partial charge in [0.2, 0.25) is 11.7 Å². The predicted octanol–water partition coefficient (Wildman–Crippen LogP) is 3.31. The molecule has 8 heteroatoms. The van der Waals surface area contributed by atoms with Crippen LogP contribution in [0.1, 0.15) is 11.5 Å². The number of guanidine groups is 1. The molecule has 7 nitrogen and oxygen atoms in total. The molecule has 2 aromatic carbocycles. The van der Waals surface area contributed by atoms with E-state index in [2.05, 4.69) is 25.8 Å². The molecule has 0 radical (unpaired) electrons. The molecular formula is C20H22ClN5O2. The van der Waals surface area contributed by atoms with Crippen molar-refractivity contribution in [2.24, 2.45) is 4.99 Å². The molecule has 0 saturated carbocycles. The zero-order valence-corrected chi connectivity index (χ0v) is 16.5. The number of nitrogens with zero attached hydrogens (tertiary/aromatic N) is 3. The first-order valence-electron chi connectivity index (χ1n) is 8.84. The third-order valence-electron chi connectivity index (χ3n) is 4.04. The SMILES string of the molecule is CN=C(NCCc1nc(-c2ccc(Cl)cc2)no1)NCc1ccc(OC)cc1. The lowest BCUT2D eigenvalue weighted by Crippen LogP contribution is -2.37. The van der Waals surface area contributed by atoms with Crippen LogP contribution in [0.2, 0.25) is 5.02 Å². The molecule has 2 N–H and O–H groups in total. The number of methoxy groups -OCH3 is 1. The van der Waals surface area contributed by atoms with E-state index < -0.39 is 0 Å². The number of aromatic nitrogens is 2. The highest BCUT2D eigenvalue weighted by molar-refractivity contribution is 6.30. The molecule has 0 aliphatic heterocycles. The molecule has 0 unspecified atom stereocenters. The summed E-state index contributed by atoms with van der Waals surface area (Å²) >= 11 is 5.90. The van der Waals surface area contributed by atoms with E-state index in [0.717, 1.165) is 16.9 Å². The first-order valence-corrected chi connectivity index (χ1v) is 9.21. The summed E-state index contributed by atoms with van der Waals surface area (Å²) in [4.78, 5) is 8.63. The maximum absolute atomic E-state index is 5.90. The third kappa shape index (κ3) is 5.47. The Hall–Kier alpha value is -3.06. The maximum Gasteiger partial charge on any atom is 0.228 e. The van der Waals surface area contributed by atoms with Crippen molar-refractivity contribution in [3.63, 3.8) is 0 Å². The van der Waals surface area contributed by atoms with E-state index >= 15 is 0 Å². The van der Waals surface area contributed by atoms with Crippen LogP contribution in [0.25, 0.3) is 11.4 Å². The third-order valence-corrected chi connectivity index (χ3v) is 4.30. The summed E-state index contributed by atoms with van der Waals surface area (Å²) in [6, 6.07) is 15.2. The highest BCUT2D eigenvalue weighted by Gasteiger charge is 2.09. The molecule has 0 saturated heterocycles. The van der Waals surface area contributed by atoms with Gasteiger partial charge in [0.1, 0.15) is 5.75 Å². The lowest BCUT2D eigenvalue weighted by molar-refractivity contribution is 0.378. The van der Waals surface area contributed by atoms with Crippen molar-refractivity contribution in [2.75, 3.05) is 20.7 Å². The topological polar surface area (TPSA) is 84.6 Å². The summed E-state index contributed by atoms with van der Waals surface area (Å²) in [7, 11) is 3.38. The molecule has 1 aromatic heterocycles. The van der Waals surface area contributed by atoms with E-state index in [1.807, 2.05) is 36.4 Å². The summed E-state index contributed by atoms with van der Waals surface area (Å²) in [5.41, 5.74) is 2.00. The molecule has 0 atom stereocenters. The zero-order chi connectivity index (χ0) is 19.8. The molecule has 0 spiro atoms. The minimum absolute atomic E-state index is 0.550. The van der Waals surface area contributed by atoms with Gasteiger partial charge in [-0.25, -0.2) is 0 Å². The van der Waals surface area contributed by atoms with Gasteiger partial charge in [0.05, 0.1) is 7.11 Å². The molecule has 1 heterocycles. The monoisotopic (exact) mass is 399 g/mol. The molecule has 3 rings (SSSR count). The fraction of sp³-hybridized carbons (Fsp3) is 0.250. The number of nitrogens with one attached hydrogen (secondary N) is 2. The van der Waals surface area contributed by atoms with Gasteiger partial charge in [0, 0.05) is 37.1 Å². The number of benzene rings is 2. The Morgan fingerprint density at radius 1 is 1.11 bits per heavy atom. The lowest BCUT2D eigenvalue weighted by Gasteiger charge is -2.11. The van der Waals surface area contributed by atoms with Gasteiger partial charge in [-0.2, -0.15) is 4.98 Å². The maximum atomic E-state index is 5.90. The van der Waals surface area contributed by atoms with E-state index in [1.165, 1.54) is 0 Å². The summed E-state index contributed by atoms with van der Waals surface area (Å²) in [6.45, 7) is 1.27. The highest BCUT2D eigenvalue weighted by Crippen LogP contribution is 2.18. The summed E-state index contributed by atoms with van der Waals surface area (Å²) < 4.78 is 10.5. The Morgan fingerprint density at radius 2 is 1.86 bits per heavy atom. The van der Waals surface area contributed by atoms with Crippen molar-refractivity contribution in [1.82, 2.24) is 20.8 Å². The fourth-order valence-corrected chi connectivity index (χ4v) is 2.64. The van der Waals surface area contributed by atoms with E-state index in [0.29, 0.717) is 42.2 Å². The number of halogens is 1. The first-order chi connectivity index (χ1) is 13.7. The highest BCUT2D eigenvalue weighted by atomic mass is 35.5. The normalized spacial score (nSPS) is 11.3. The summed E-state index contributed by atoms with van der Waals surface area (Å²) in [5, 5.41) is 11.2. The predicted molar refractivity (Wildman–Crippen MR) is 110 cm³/mol. The fourth-order valence-electron chi connectivity index (χ4n) is 2.51. The van der Waals surface area contributed by atoms with E-state index in [-0.39, 0.29) is 0 Å². The van der Waals surface area contributed by atoms with Crippen LogP contribution in [0.5, 0.6) is 5.75 Å². The second-order valence-corrected chi connectivity index (χ2v) is 6.41. The smallest absolute Gasteiger partial charge is 0.228 e. The van der Waals surface area contributed by atoms with Gasteiger partial charge in [-0.05, 0) is 42.0 Å². The first kappa shape index (κ1) is 19.7. The van der Waals surface area contributed by atoms with Crippen LogP contribution in [0.15, 0.2) is 58.0 Å². The average molecular weight is 400 g/mol. The standard InChI is InChI=1S/C20H22ClN5O2/c1-22-20(24-13-14-3-9-17(27-2)10-4-14)23-12-11-18-25-19(26-28-18)15-5-7-16(21)8-6-15/h3-10H,11-13H2,1-2H3,(H2,22,23,24). The van der Waals surface area contributed by atoms with Gasteiger partial charge in [-0.1, -0.05) is 28.9 Å². The van der Waals surface area contributed by atoms with Crippen molar-refractivity contribution < 1.29 is 9.26 Å². The van der Waals surface area contributed by atoms with Crippen molar-refractivity contribution >= 4 is 17.6 Å². The van der Waals surface area contributed by atoms with Gasteiger partial charge >= 0.3 is 0 Å². The molecule has 3 aromatic rings. The summed E-state index contributed by atoms with van der Waals surface area (Å²) in [6.07, 6.45) is 0.587. The number of aliphatic imine (C=N–C) groups is 1. The number of rotatable bonds is 7. The average Bonchev–Trinajstić information content (AvgIpc) is 3.20. The van der Waals surface area contributed by atoms with Gasteiger partial charge in [0.25, 0.3) is 0 Å². The van der Waals surface area contributed by atoms with Crippen LogP contribution in [0, 0.1) is 0 Å². The Bertz CT molecular complexity index is 907. The Kier molecular flexibility index (Phi) is 6.86. The Labute approximate surface area is 168 Å². The second kappa shape index (κ2) is 9.75. The zero-order valence-electron chi connectivity index (χ0n) is 15.8. The molecule has 0 aliphatic carbocycles. The van der Waals surface area contributed by atoms with Gasteiger partial charge < -0.3 is 19.9 Å². The van der Waals surface area contributed by atoms with E-state index in [9.17, 15) is 0 Å². The van der Waals surface area contributed by atoms with E-state index in [1.54, 1.807) is 26.3 Å². The van der Waals surface area contributed by atoms with Crippen LogP contribution in [0.3, 0.4) is 0 Å². The molecule has 146 valence electrons. The minimum atomic E-state index is 0.550. The quantitative estimate of drug-likeness (QED) is 0.468. The molecule has 0 amide bonds. The Morgan fingerprint density at radius 3 is 2.54 bits per heavy atom. The van der Waals surface area contributed by atoms with Crippen molar-refractivity contribution in [3.8, 4) is 17.1 Å². The van der Waals surface area contributed by atoms with Crippen LogP contribution in [0.4, 0.5) is 0 Å². The van der Waals surface area contributed by atoms with Gasteiger partial charge in [-0.15, -0.1) is 0 Å². The largest absolute Gasteiger partial charge is 0.497 e. The molecule has 0 aliphatic rings. The molecule has 0 bridgehead atoms. The van der Waals surface area contributed by atoms with Crippen LogP contribution >= 0.6 is 11.6 Å². The van der Waals surface area contributed by atoms with Crippen molar-refractivity contribution in [2.45, 2.75) is 13.0 Å². The van der Waals surface area contributed by atoms with Crippen molar-refractivity contribution in [1.29, 1.82) is 0 Å². The van der Waals surface area contributed by atoms with Crippen LogP contribution < -0.4 is 15.4 Å². The minimum Gasteiger partial charge on any atom is -0.497 e. The van der Waals surface area contributed by atoms with Crippen LogP contribution in [-0.4, -0.2) is 36.8 Å². The summed E-state index contributed by atoms with van der Waals surface area (Å²) in [5.74, 6) is 2.65.